The molecule has 2 aromatic carbocycles. The molecule has 29 heavy (non-hydrogen) atoms. The molecule has 0 radical (unpaired) electrons. The van der Waals surface area contributed by atoms with E-state index in [-0.39, 0.29) is 13.3 Å². The van der Waals surface area contributed by atoms with Gasteiger partial charge >= 0.3 is 5.97 Å². The van der Waals surface area contributed by atoms with Crippen LogP contribution in [0.5, 0.6) is 11.5 Å². The van der Waals surface area contributed by atoms with Crippen molar-refractivity contribution >= 4 is 11.9 Å². The summed E-state index contributed by atoms with van der Waals surface area (Å²) in [7, 11) is 0. The first-order chi connectivity index (χ1) is 14.1. The zero-order chi connectivity index (χ0) is 20.2. The number of tetrazole rings is 1. The van der Waals surface area contributed by atoms with Crippen LogP contribution in [0, 0.1) is 0 Å². The quantitative estimate of drug-likeness (QED) is 0.620. The Kier molecular flexibility index (Phi) is 5.06. The lowest BCUT2D eigenvalue weighted by molar-refractivity contribution is -0.129. The topological polar surface area (TPSA) is 117 Å². The van der Waals surface area contributed by atoms with E-state index in [2.05, 4.69) is 20.8 Å². The molecule has 10 nitrogen and oxygen atoms in total. The van der Waals surface area contributed by atoms with Crippen molar-refractivity contribution in [3.63, 3.8) is 0 Å². The van der Waals surface area contributed by atoms with Gasteiger partial charge in [0.1, 0.15) is 6.33 Å². The Balaban J connectivity index is 1.30. The molecular weight excluding hydrogens is 378 g/mol. The van der Waals surface area contributed by atoms with Gasteiger partial charge in [-0.2, -0.15) is 0 Å². The maximum Gasteiger partial charge on any atom is 0.338 e. The molecule has 2 heterocycles. The highest BCUT2D eigenvalue weighted by Crippen LogP contribution is 2.32. The Bertz CT molecular complexity index is 1020. The largest absolute Gasteiger partial charge is 0.454 e. The second kappa shape index (κ2) is 7.97. The number of carbonyl (C=O) groups excluding carboxylic acids is 2. The first-order valence-electron chi connectivity index (χ1n) is 8.81. The van der Waals surface area contributed by atoms with Gasteiger partial charge in [0, 0.05) is 6.54 Å². The molecule has 1 amide bonds. The van der Waals surface area contributed by atoms with Crippen LogP contribution in [0.1, 0.15) is 22.8 Å². The molecule has 1 aliphatic rings. The van der Waals surface area contributed by atoms with Gasteiger partial charge in [0.25, 0.3) is 5.91 Å². The van der Waals surface area contributed by atoms with Crippen LogP contribution in [0.15, 0.2) is 48.8 Å². The molecule has 148 valence electrons. The molecule has 0 bridgehead atoms. The zero-order valence-electron chi connectivity index (χ0n) is 15.4. The first-order valence-corrected chi connectivity index (χ1v) is 8.81. The number of benzene rings is 2. The van der Waals surface area contributed by atoms with Gasteiger partial charge in [0.15, 0.2) is 17.6 Å². The molecule has 0 saturated carbocycles. The fourth-order valence-corrected chi connectivity index (χ4v) is 2.70. The smallest absolute Gasteiger partial charge is 0.338 e. The zero-order valence-corrected chi connectivity index (χ0v) is 15.4. The molecule has 1 aromatic heterocycles. The highest BCUT2D eigenvalue weighted by molar-refractivity contribution is 5.92. The van der Waals surface area contributed by atoms with Crippen LogP contribution in [0.3, 0.4) is 0 Å². The normalized spacial score (nSPS) is 13.0. The summed E-state index contributed by atoms with van der Waals surface area (Å²) in [5.41, 5.74) is 1.86. The highest BCUT2D eigenvalue weighted by Gasteiger charge is 2.19. The third-order valence-electron chi connectivity index (χ3n) is 4.27. The van der Waals surface area contributed by atoms with Gasteiger partial charge in [0.2, 0.25) is 6.79 Å². The summed E-state index contributed by atoms with van der Waals surface area (Å²) in [6.45, 7) is 1.98. The summed E-state index contributed by atoms with van der Waals surface area (Å²) in [5, 5.41) is 13.6. The number of esters is 1. The van der Waals surface area contributed by atoms with E-state index in [0.717, 1.165) is 5.56 Å². The van der Waals surface area contributed by atoms with E-state index in [1.165, 1.54) is 17.9 Å². The highest BCUT2D eigenvalue weighted by atomic mass is 16.7. The summed E-state index contributed by atoms with van der Waals surface area (Å²) in [4.78, 5) is 24.5. The summed E-state index contributed by atoms with van der Waals surface area (Å²) < 4.78 is 17.3. The standard InChI is InChI=1S/C19H17N5O5/c1-12(18(25)20-9-13-2-7-16-17(8-13)28-11-27-16)29-19(26)14-3-5-15(6-4-14)24-10-21-22-23-24/h2-8,10,12H,9,11H2,1H3,(H,20,25). The second-order valence-corrected chi connectivity index (χ2v) is 6.25. The Morgan fingerprint density at radius 1 is 1.17 bits per heavy atom. The Morgan fingerprint density at radius 3 is 2.72 bits per heavy atom. The van der Waals surface area contributed by atoms with Crippen molar-refractivity contribution < 1.29 is 23.8 Å². The maximum atomic E-state index is 12.3. The van der Waals surface area contributed by atoms with E-state index in [1.54, 1.807) is 36.4 Å². The number of rotatable bonds is 6. The van der Waals surface area contributed by atoms with E-state index in [1.807, 2.05) is 6.07 Å². The van der Waals surface area contributed by atoms with Gasteiger partial charge in [0.05, 0.1) is 11.3 Å². The van der Waals surface area contributed by atoms with Crippen LogP contribution in [0.2, 0.25) is 0 Å². The first kappa shape index (κ1) is 18.4. The third kappa shape index (κ3) is 4.15. The van der Waals surface area contributed by atoms with Crippen molar-refractivity contribution in [1.82, 2.24) is 25.5 Å². The van der Waals surface area contributed by atoms with E-state index < -0.39 is 18.0 Å². The van der Waals surface area contributed by atoms with Gasteiger partial charge < -0.3 is 19.5 Å². The fourth-order valence-electron chi connectivity index (χ4n) is 2.70. The summed E-state index contributed by atoms with van der Waals surface area (Å²) in [6, 6.07) is 11.9. The van der Waals surface area contributed by atoms with Crippen LogP contribution < -0.4 is 14.8 Å². The summed E-state index contributed by atoms with van der Waals surface area (Å²) in [5.74, 6) is 0.315. The number of nitrogens with zero attached hydrogens (tertiary/aromatic N) is 4. The maximum absolute atomic E-state index is 12.3. The molecule has 1 atom stereocenters. The number of aromatic nitrogens is 4. The second-order valence-electron chi connectivity index (χ2n) is 6.25. The van der Waals surface area contributed by atoms with Crippen molar-refractivity contribution in [2.24, 2.45) is 0 Å². The molecule has 1 unspecified atom stereocenters. The molecule has 0 spiro atoms. The van der Waals surface area contributed by atoms with Crippen LogP contribution in [-0.2, 0) is 16.1 Å². The molecular formula is C19H17N5O5. The molecule has 4 rings (SSSR count). The minimum Gasteiger partial charge on any atom is -0.454 e. The SMILES string of the molecule is CC(OC(=O)c1ccc(-n2cnnn2)cc1)C(=O)NCc1ccc2c(c1)OCO2. The molecule has 10 heteroatoms. The number of fused-ring (bicyclic) bond motifs is 1. The van der Waals surface area contributed by atoms with Crippen molar-refractivity contribution in [2.45, 2.75) is 19.6 Å². The van der Waals surface area contributed by atoms with Crippen LogP contribution in [-0.4, -0.2) is 45.0 Å². The van der Waals surface area contributed by atoms with Gasteiger partial charge in [-0.05, 0) is 59.3 Å². The van der Waals surface area contributed by atoms with Gasteiger partial charge in [-0.1, -0.05) is 6.07 Å². The third-order valence-corrected chi connectivity index (χ3v) is 4.27. The molecule has 1 N–H and O–H groups in total. The van der Waals surface area contributed by atoms with Gasteiger partial charge in [-0.3, -0.25) is 4.79 Å². The average molecular weight is 395 g/mol. The lowest BCUT2D eigenvalue weighted by atomic mass is 10.2. The predicted molar refractivity (Wildman–Crippen MR) is 98.4 cm³/mol. The lowest BCUT2D eigenvalue weighted by Gasteiger charge is -2.14. The van der Waals surface area contributed by atoms with E-state index >= 15 is 0 Å². The van der Waals surface area contributed by atoms with Crippen molar-refractivity contribution in [1.29, 1.82) is 0 Å². The average Bonchev–Trinajstić information content (AvgIpc) is 3.43. The molecule has 0 fully saturated rings. The van der Waals surface area contributed by atoms with Crippen LogP contribution in [0.25, 0.3) is 5.69 Å². The Morgan fingerprint density at radius 2 is 1.97 bits per heavy atom. The summed E-state index contributed by atoms with van der Waals surface area (Å²) >= 11 is 0. The fraction of sp³-hybridized carbons (Fsp3) is 0.211. The predicted octanol–water partition coefficient (Wildman–Crippen LogP) is 1.25. The van der Waals surface area contributed by atoms with E-state index in [9.17, 15) is 9.59 Å². The monoisotopic (exact) mass is 395 g/mol. The minimum atomic E-state index is -0.948. The van der Waals surface area contributed by atoms with Crippen molar-refractivity contribution in [3.8, 4) is 17.2 Å². The van der Waals surface area contributed by atoms with Gasteiger partial charge in [-0.25, -0.2) is 9.48 Å². The van der Waals surface area contributed by atoms with E-state index in [0.29, 0.717) is 22.7 Å². The number of hydrogen-bond acceptors (Lipinski definition) is 8. The van der Waals surface area contributed by atoms with Crippen molar-refractivity contribution in [3.05, 3.63) is 59.9 Å². The number of carbonyl (C=O) groups is 2. The number of ether oxygens (including phenoxy) is 3. The minimum absolute atomic E-state index is 0.189. The Hall–Kier alpha value is -3.95. The van der Waals surface area contributed by atoms with Crippen LogP contribution >= 0.6 is 0 Å². The van der Waals surface area contributed by atoms with E-state index in [4.69, 9.17) is 14.2 Å². The lowest BCUT2D eigenvalue weighted by Crippen LogP contribution is -2.35. The van der Waals surface area contributed by atoms with Crippen LogP contribution in [0.4, 0.5) is 0 Å². The number of amides is 1. The molecule has 0 aliphatic carbocycles. The Labute approximate surface area is 165 Å². The molecule has 3 aromatic rings. The molecule has 1 aliphatic heterocycles. The number of hydrogen-bond donors (Lipinski definition) is 1. The summed E-state index contributed by atoms with van der Waals surface area (Å²) in [6.07, 6.45) is 0.496. The van der Waals surface area contributed by atoms with Crippen molar-refractivity contribution in [2.75, 3.05) is 6.79 Å². The molecule has 0 saturated heterocycles. The van der Waals surface area contributed by atoms with Gasteiger partial charge in [-0.15, -0.1) is 5.10 Å². The number of nitrogens with one attached hydrogen (secondary N) is 1.